The van der Waals surface area contributed by atoms with E-state index in [-0.39, 0.29) is 23.4 Å². The third-order valence-electron chi connectivity index (χ3n) is 5.53. The molecule has 1 atom stereocenters. The van der Waals surface area contributed by atoms with Gasteiger partial charge in [0.15, 0.2) is 5.65 Å². The van der Waals surface area contributed by atoms with E-state index in [1.165, 1.54) is 15.1 Å². The van der Waals surface area contributed by atoms with E-state index in [1.54, 1.807) is 24.4 Å². The maximum absolute atomic E-state index is 14.1. The first kappa shape index (κ1) is 18.7. The number of hydrogen-bond donors (Lipinski definition) is 0. The summed E-state index contributed by atoms with van der Waals surface area (Å²) < 4.78 is 22.9. The minimum atomic E-state index is -0.389. The molecular formula is C21H21FN6O2. The summed E-state index contributed by atoms with van der Waals surface area (Å²) in [7, 11) is 0. The maximum Gasteiger partial charge on any atom is 0.350 e. The summed E-state index contributed by atoms with van der Waals surface area (Å²) in [4.78, 5) is 14.7. The standard InChI is InChI=1S/C21H21FN6O2/c22-16-8-2-1-7-15(16)19-23-24-20(30-19)17-9-3-5-11-26(17)13-14-28-21(29)27-12-6-4-10-18(27)25-28/h1-2,4,6-8,10,12,17H,3,5,9,11,13-14H2. The van der Waals surface area contributed by atoms with Gasteiger partial charge in [0.2, 0.25) is 5.89 Å². The molecule has 8 nitrogen and oxygen atoms in total. The highest BCUT2D eigenvalue weighted by molar-refractivity contribution is 5.53. The van der Waals surface area contributed by atoms with E-state index >= 15 is 0 Å². The molecule has 3 aromatic heterocycles. The second kappa shape index (κ2) is 7.83. The predicted molar refractivity (Wildman–Crippen MR) is 107 cm³/mol. The summed E-state index contributed by atoms with van der Waals surface area (Å²) in [5.74, 6) is 0.278. The van der Waals surface area contributed by atoms with Crippen molar-refractivity contribution in [1.82, 2.24) is 29.3 Å². The van der Waals surface area contributed by atoms with Crippen molar-refractivity contribution in [1.29, 1.82) is 0 Å². The van der Waals surface area contributed by atoms with Gasteiger partial charge in [-0.3, -0.25) is 9.30 Å². The monoisotopic (exact) mass is 408 g/mol. The largest absolute Gasteiger partial charge is 0.419 e. The zero-order valence-electron chi connectivity index (χ0n) is 16.3. The molecule has 0 aliphatic carbocycles. The molecule has 1 aliphatic rings. The molecule has 0 N–H and O–H groups in total. The molecule has 1 unspecified atom stereocenters. The molecular weight excluding hydrogens is 387 g/mol. The second-order valence-corrected chi connectivity index (χ2v) is 7.41. The van der Waals surface area contributed by atoms with Crippen LogP contribution < -0.4 is 5.69 Å². The Morgan fingerprint density at radius 2 is 1.93 bits per heavy atom. The number of fused-ring (bicyclic) bond motifs is 1. The van der Waals surface area contributed by atoms with E-state index in [4.69, 9.17) is 4.42 Å². The smallest absolute Gasteiger partial charge is 0.350 e. The van der Waals surface area contributed by atoms with Gasteiger partial charge in [-0.05, 0) is 43.7 Å². The van der Waals surface area contributed by atoms with Crippen molar-refractivity contribution in [2.45, 2.75) is 31.8 Å². The lowest BCUT2D eigenvalue weighted by Gasteiger charge is -2.33. The van der Waals surface area contributed by atoms with Gasteiger partial charge in [-0.15, -0.1) is 15.3 Å². The Morgan fingerprint density at radius 3 is 2.80 bits per heavy atom. The normalized spacial score (nSPS) is 17.6. The summed E-state index contributed by atoms with van der Waals surface area (Å²) in [6.45, 7) is 1.96. The predicted octanol–water partition coefficient (Wildman–Crippen LogP) is 2.91. The maximum atomic E-state index is 14.1. The Labute approximate surface area is 171 Å². The molecule has 0 radical (unpaired) electrons. The van der Waals surface area contributed by atoms with Crippen molar-refractivity contribution < 1.29 is 8.81 Å². The average Bonchev–Trinajstić information content (AvgIpc) is 3.38. The van der Waals surface area contributed by atoms with E-state index in [0.29, 0.717) is 30.2 Å². The van der Waals surface area contributed by atoms with Crippen LogP contribution >= 0.6 is 0 Å². The molecule has 0 saturated carbocycles. The van der Waals surface area contributed by atoms with Crippen molar-refractivity contribution in [3.05, 3.63) is 70.9 Å². The average molecular weight is 408 g/mol. The van der Waals surface area contributed by atoms with E-state index < -0.39 is 0 Å². The van der Waals surface area contributed by atoms with Crippen LogP contribution in [0.15, 0.2) is 57.9 Å². The van der Waals surface area contributed by atoms with Crippen LogP contribution in [-0.2, 0) is 6.54 Å². The molecule has 154 valence electrons. The fraction of sp³-hybridized carbons (Fsp3) is 0.333. The lowest BCUT2D eigenvalue weighted by molar-refractivity contribution is 0.119. The van der Waals surface area contributed by atoms with Crippen molar-refractivity contribution in [2.75, 3.05) is 13.1 Å². The SMILES string of the molecule is O=c1n(CCN2CCCCC2c2nnc(-c3ccccc3F)o2)nc2ccccn12. The molecule has 9 heteroatoms. The summed E-state index contributed by atoms with van der Waals surface area (Å²) in [6, 6.07) is 11.8. The summed E-state index contributed by atoms with van der Waals surface area (Å²) in [5.41, 5.74) is 0.776. The van der Waals surface area contributed by atoms with E-state index in [2.05, 4.69) is 20.2 Å². The fourth-order valence-electron chi connectivity index (χ4n) is 3.99. The van der Waals surface area contributed by atoms with Crippen molar-refractivity contribution in [3.8, 4) is 11.5 Å². The molecule has 0 spiro atoms. The van der Waals surface area contributed by atoms with Gasteiger partial charge in [-0.25, -0.2) is 13.9 Å². The summed E-state index contributed by atoms with van der Waals surface area (Å²) >= 11 is 0. The van der Waals surface area contributed by atoms with Crippen LogP contribution in [0.1, 0.15) is 31.2 Å². The Balaban J connectivity index is 1.35. The second-order valence-electron chi connectivity index (χ2n) is 7.41. The third kappa shape index (κ3) is 3.41. The molecule has 1 saturated heterocycles. The number of rotatable bonds is 5. The lowest BCUT2D eigenvalue weighted by Crippen LogP contribution is -2.37. The van der Waals surface area contributed by atoms with Gasteiger partial charge in [0.05, 0.1) is 18.2 Å². The Kier molecular flexibility index (Phi) is 4.88. The molecule has 1 aromatic carbocycles. The molecule has 4 aromatic rings. The first-order chi connectivity index (χ1) is 14.7. The van der Waals surface area contributed by atoms with E-state index in [9.17, 15) is 9.18 Å². The summed E-state index contributed by atoms with van der Waals surface area (Å²) in [6.07, 6.45) is 4.70. The van der Waals surface area contributed by atoms with Crippen molar-refractivity contribution in [2.24, 2.45) is 0 Å². The van der Waals surface area contributed by atoms with Gasteiger partial charge in [-0.1, -0.05) is 24.6 Å². The number of pyridine rings is 1. The van der Waals surface area contributed by atoms with Gasteiger partial charge in [0.1, 0.15) is 5.82 Å². The fourth-order valence-corrected chi connectivity index (χ4v) is 3.99. The van der Waals surface area contributed by atoms with Gasteiger partial charge < -0.3 is 4.42 Å². The number of nitrogens with zero attached hydrogens (tertiary/aromatic N) is 6. The highest BCUT2D eigenvalue weighted by Crippen LogP contribution is 2.32. The van der Waals surface area contributed by atoms with Crippen LogP contribution in [-0.4, -0.2) is 42.4 Å². The number of aromatic nitrogens is 5. The number of piperidine rings is 1. The zero-order chi connectivity index (χ0) is 20.5. The number of halogens is 1. The van der Waals surface area contributed by atoms with E-state index in [1.807, 2.05) is 18.2 Å². The molecule has 1 fully saturated rings. The first-order valence-corrected chi connectivity index (χ1v) is 10.1. The minimum Gasteiger partial charge on any atom is -0.419 e. The molecule has 30 heavy (non-hydrogen) atoms. The molecule has 5 rings (SSSR count). The quantitative estimate of drug-likeness (QED) is 0.505. The van der Waals surface area contributed by atoms with Gasteiger partial charge in [-0.2, -0.15) is 0 Å². The number of benzene rings is 1. The van der Waals surface area contributed by atoms with Crippen LogP contribution in [0.3, 0.4) is 0 Å². The van der Waals surface area contributed by atoms with Gasteiger partial charge in [0.25, 0.3) is 5.89 Å². The van der Waals surface area contributed by atoms with Crippen LogP contribution in [0.4, 0.5) is 4.39 Å². The summed E-state index contributed by atoms with van der Waals surface area (Å²) in [5, 5.41) is 12.7. The van der Waals surface area contributed by atoms with Crippen LogP contribution in [0.25, 0.3) is 17.1 Å². The minimum absolute atomic E-state index is 0.0560. The van der Waals surface area contributed by atoms with E-state index in [0.717, 1.165) is 25.8 Å². The Morgan fingerprint density at radius 1 is 1.07 bits per heavy atom. The zero-order valence-corrected chi connectivity index (χ0v) is 16.3. The molecule has 0 bridgehead atoms. The highest BCUT2D eigenvalue weighted by atomic mass is 19.1. The Hall–Kier alpha value is -3.33. The highest BCUT2D eigenvalue weighted by Gasteiger charge is 2.29. The lowest BCUT2D eigenvalue weighted by atomic mass is 10.0. The van der Waals surface area contributed by atoms with Gasteiger partial charge in [0, 0.05) is 12.7 Å². The first-order valence-electron chi connectivity index (χ1n) is 10.1. The number of hydrogen-bond acceptors (Lipinski definition) is 6. The van der Waals surface area contributed by atoms with Crippen LogP contribution in [0, 0.1) is 5.82 Å². The number of likely N-dealkylation sites (tertiary alicyclic amines) is 1. The van der Waals surface area contributed by atoms with Crippen LogP contribution in [0.5, 0.6) is 0 Å². The third-order valence-corrected chi connectivity index (χ3v) is 5.53. The topological polar surface area (TPSA) is 81.5 Å². The van der Waals surface area contributed by atoms with Gasteiger partial charge >= 0.3 is 5.69 Å². The Bertz CT molecular complexity index is 1230. The molecule has 1 aliphatic heterocycles. The van der Waals surface area contributed by atoms with Crippen molar-refractivity contribution >= 4 is 5.65 Å². The van der Waals surface area contributed by atoms with Crippen molar-refractivity contribution in [3.63, 3.8) is 0 Å². The molecule has 4 heterocycles. The molecule has 0 amide bonds. The van der Waals surface area contributed by atoms with Crippen LogP contribution in [0.2, 0.25) is 0 Å².